The third-order valence-electron chi connectivity index (χ3n) is 6.53. The molecule has 2 fully saturated rings. The van der Waals surface area contributed by atoms with Crippen LogP contribution >= 0.6 is 0 Å². The average Bonchev–Trinajstić information content (AvgIpc) is 2.80. The number of nitrogens with one attached hydrogen (secondary N) is 2. The van der Waals surface area contributed by atoms with Gasteiger partial charge in [0, 0.05) is 64.2 Å². The number of hydrogen-bond donors (Lipinski definition) is 4. The van der Waals surface area contributed by atoms with Gasteiger partial charge in [0.2, 0.25) is 11.8 Å². The number of carbonyl (C=O) groups is 6. The number of nitrogens with zero attached hydrogens (tertiary/aromatic N) is 2. The van der Waals surface area contributed by atoms with Crippen molar-refractivity contribution in [2.24, 2.45) is 23.3 Å². The Morgan fingerprint density at radius 2 is 0.973 bits per heavy atom. The average molecular weight is 531 g/mol. The Bertz CT molecular complexity index is 811. The van der Waals surface area contributed by atoms with Gasteiger partial charge in [0.1, 0.15) is 0 Å². The van der Waals surface area contributed by atoms with E-state index in [1.165, 1.54) is 9.80 Å². The van der Waals surface area contributed by atoms with E-state index in [-0.39, 0.29) is 42.0 Å². The molecule has 8 N–H and O–H groups in total. The maximum atomic E-state index is 12.2. The van der Waals surface area contributed by atoms with Crippen molar-refractivity contribution in [3.63, 3.8) is 0 Å². The van der Waals surface area contributed by atoms with Crippen molar-refractivity contribution < 1.29 is 43.7 Å². The molecule has 0 aromatic rings. The molecule has 0 radical (unpaired) electrons. The quantitative estimate of drug-likeness (QED) is 0.174. The van der Waals surface area contributed by atoms with Crippen LogP contribution in [0.1, 0.15) is 38.5 Å². The number of ether oxygens (including phenoxy) is 2. The van der Waals surface area contributed by atoms with E-state index in [0.717, 1.165) is 0 Å². The summed E-state index contributed by atoms with van der Waals surface area (Å²) in [4.78, 5) is 75.4. The van der Waals surface area contributed by atoms with E-state index in [2.05, 4.69) is 20.1 Å². The van der Waals surface area contributed by atoms with Crippen LogP contribution in [0.25, 0.3) is 0 Å². The summed E-state index contributed by atoms with van der Waals surface area (Å²) >= 11 is 0. The second-order valence-electron chi connectivity index (χ2n) is 9.67. The first-order valence-corrected chi connectivity index (χ1v) is 11.8. The van der Waals surface area contributed by atoms with Crippen LogP contribution in [0.15, 0.2) is 0 Å². The molecule has 6 atom stereocenters. The Morgan fingerprint density at radius 1 is 0.649 bits per heavy atom. The van der Waals surface area contributed by atoms with Gasteiger partial charge in [0.05, 0.1) is 0 Å². The summed E-state index contributed by atoms with van der Waals surface area (Å²) in [5, 5.41) is 4.78. The van der Waals surface area contributed by atoms with Crippen LogP contribution < -0.4 is 22.1 Å². The van der Waals surface area contributed by atoms with E-state index in [1.807, 2.05) is 0 Å². The first kappa shape index (κ1) is 31.7. The fourth-order valence-electron chi connectivity index (χ4n) is 4.51. The van der Waals surface area contributed by atoms with Crippen molar-refractivity contribution in [3.05, 3.63) is 0 Å². The third-order valence-corrected chi connectivity index (χ3v) is 6.53. The zero-order valence-corrected chi connectivity index (χ0v) is 21.5. The van der Waals surface area contributed by atoms with Crippen LogP contribution in [0.4, 0.5) is 9.59 Å². The smallest absolute Gasteiger partial charge is 0.412 e. The van der Waals surface area contributed by atoms with E-state index < -0.39 is 48.3 Å². The van der Waals surface area contributed by atoms with E-state index >= 15 is 0 Å². The molecule has 37 heavy (non-hydrogen) atoms. The predicted octanol–water partition coefficient (Wildman–Crippen LogP) is -2.16. The Labute approximate surface area is 214 Å². The number of amides is 4. The molecule has 0 aromatic carbocycles. The first-order chi connectivity index (χ1) is 16.8. The van der Waals surface area contributed by atoms with Gasteiger partial charge in [0.25, 0.3) is 0 Å². The molecular weight excluding hydrogens is 492 g/mol. The number of nitrogens with two attached hydrogens (primary N) is 2. The summed E-state index contributed by atoms with van der Waals surface area (Å²) in [5.41, 5.74) is 12.0. The maximum Gasteiger partial charge on any atom is 0.426 e. The molecule has 0 spiro atoms. The molecule has 0 aromatic heterocycles. The van der Waals surface area contributed by atoms with Crippen molar-refractivity contribution in [1.82, 2.24) is 20.4 Å². The summed E-state index contributed by atoms with van der Waals surface area (Å²) in [6.45, 7) is 0. The molecule has 0 heterocycles. The minimum atomic E-state index is -1.71. The van der Waals surface area contributed by atoms with E-state index in [0.29, 0.717) is 25.7 Å². The summed E-state index contributed by atoms with van der Waals surface area (Å²) in [6, 6.07) is -2.25. The summed E-state index contributed by atoms with van der Waals surface area (Å²) < 4.78 is 8.85. The Hall–Kier alpha value is -3.30. The standard InChI is InChI=1S/C22H36N6O8.H2O/c1-27(2)17(29)11-5-7-13(23)15(9-11)25-21(33)35-19(31)20(32)36-22(34)26-16-10-12(6-8-14(16)24)18(30)28(3)4;/h11-16H,5-10,23-24H2,1-4H3,(H,25,33)(H,26,34);1H2/t11-,12-,13-,14-,15+,16+;/m0./s1. The van der Waals surface area contributed by atoms with Gasteiger partial charge >= 0.3 is 24.1 Å². The molecule has 15 nitrogen and oxygen atoms in total. The molecule has 4 amide bonds. The van der Waals surface area contributed by atoms with E-state index in [1.54, 1.807) is 28.2 Å². The zero-order chi connectivity index (χ0) is 27.2. The summed E-state index contributed by atoms with van der Waals surface area (Å²) in [6.07, 6.45) is 0.0255. The molecular formula is C22H38N6O9. The first-order valence-electron chi connectivity index (χ1n) is 11.8. The Morgan fingerprint density at radius 3 is 1.27 bits per heavy atom. The van der Waals surface area contributed by atoms with Crippen LogP contribution in [0, 0.1) is 11.8 Å². The minimum Gasteiger partial charge on any atom is -0.412 e. The van der Waals surface area contributed by atoms with Gasteiger partial charge in [-0.3, -0.25) is 9.59 Å². The number of rotatable bonds is 4. The molecule has 0 aliphatic heterocycles. The van der Waals surface area contributed by atoms with Crippen LogP contribution in [0.5, 0.6) is 0 Å². The zero-order valence-electron chi connectivity index (χ0n) is 21.5. The van der Waals surface area contributed by atoms with Gasteiger partial charge in [-0.05, 0) is 38.5 Å². The molecule has 15 heteroatoms. The Kier molecular flexibility index (Phi) is 11.9. The highest BCUT2D eigenvalue weighted by atomic mass is 16.6. The number of carbonyl (C=O) groups excluding carboxylic acids is 6. The fourth-order valence-corrected chi connectivity index (χ4v) is 4.51. The number of hydrogen-bond acceptors (Lipinski definition) is 10. The highest BCUT2D eigenvalue weighted by Gasteiger charge is 2.36. The van der Waals surface area contributed by atoms with Crippen LogP contribution in [0.2, 0.25) is 0 Å². The number of esters is 2. The van der Waals surface area contributed by atoms with Crippen LogP contribution in [0.3, 0.4) is 0 Å². The predicted molar refractivity (Wildman–Crippen MR) is 128 cm³/mol. The van der Waals surface area contributed by atoms with Gasteiger partial charge in [0.15, 0.2) is 0 Å². The van der Waals surface area contributed by atoms with Crippen LogP contribution in [-0.4, -0.2) is 104 Å². The SMILES string of the molecule is CN(C)C(=O)[C@H]1CC[C@H](N)[C@H](NC(=O)OC(=O)C(=O)OC(=O)N[C@@H]2C[C@@H](C(=O)N(C)C)CC[C@@H]2N)C1.O. The molecule has 0 unspecified atom stereocenters. The topological polar surface area (TPSA) is 235 Å². The minimum absolute atomic E-state index is 0. The molecule has 2 aliphatic carbocycles. The highest BCUT2D eigenvalue weighted by Crippen LogP contribution is 2.26. The summed E-state index contributed by atoms with van der Waals surface area (Å²) in [7, 11) is 6.49. The van der Waals surface area contributed by atoms with Gasteiger partial charge in [-0.2, -0.15) is 0 Å². The molecule has 2 saturated carbocycles. The lowest BCUT2D eigenvalue weighted by Crippen LogP contribution is -2.54. The molecule has 2 aliphatic rings. The van der Waals surface area contributed by atoms with Crippen molar-refractivity contribution >= 4 is 35.9 Å². The normalized spacial score (nSPS) is 27.0. The highest BCUT2D eigenvalue weighted by molar-refractivity contribution is 6.33. The van der Waals surface area contributed by atoms with Crippen molar-refractivity contribution in [3.8, 4) is 0 Å². The monoisotopic (exact) mass is 530 g/mol. The second kappa shape index (κ2) is 13.9. The van der Waals surface area contributed by atoms with Gasteiger partial charge in [-0.25, -0.2) is 19.2 Å². The van der Waals surface area contributed by atoms with Gasteiger partial charge in [-0.1, -0.05) is 0 Å². The van der Waals surface area contributed by atoms with E-state index in [4.69, 9.17) is 11.5 Å². The van der Waals surface area contributed by atoms with Crippen molar-refractivity contribution in [2.45, 2.75) is 62.7 Å². The largest absolute Gasteiger partial charge is 0.426 e. The lowest BCUT2D eigenvalue weighted by atomic mass is 9.82. The van der Waals surface area contributed by atoms with Gasteiger partial charge < -0.3 is 46.9 Å². The lowest BCUT2D eigenvalue weighted by molar-refractivity contribution is -0.160. The Balaban J connectivity index is 0.00000684. The third kappa shape index (κ3) is 8.94. The maximum absolute atomic E-state index is 12.2. The van der Waals surface area contributed by atoms with Gasteiger partial charge in [-0.15, -0.1) is 0 Å². The fraction of sp³-hybridized carbons (Fsp3) is 0.727. The summed E-state index contributed by atoms with van der Waals surface area (Å²) in [5.74, 6) is -4.34. The molecule has 0 bridgehead atoms. The van der Waals surface area contributed by atoms with E-state index in [9.17, 15) is 28.8 Å². The molecule has 2 rings (SSSR count). The molecule has 210 valence electrons. The molecule has 0 saturated heterocycles. The van der Waals surface area contributed by atoms with Crippen LogP contribution in [-0.2, 0) is 28.7 Å². The second-order valence-corrected chi connectivity index (χ2v) is 9.67. The number of alkyl carbamates (subject to hydrolysis) is 2. The van der Waals surface area contributed by atoms with Crippen molar-refractivity contribution in [1.29, 1.82) is 0 Å². The lowest BCUT2D eigenvalue weighted by Gasteiger charge is -2.34. The van der Waals surface area contributed by atoms with Crippen molar-refractivity contribution in [2.75, 3.05) is 28.2 Å².